The van der Waals surface area contributed by atoms with E-state index in [1.54, 1.807) is 18.5 Å². The first-order valence-corrected chi connectivity index (χ1v) is 4.82. The van der Waals surface area contributed by atoms with Gasteiger partial charge in [0.1, 0.15) is 0 Å². The van der Waals surface area contributed by atoms with E-state index in [2.05, 4.69) is 15.3 Å². The first kappa shape index (κ1) is 9.40. The van der Waals surface area contributed by atoms with E-state index in [9.17, 15) is 5.11 Å². The maximum Gasteiger partial charge on any atom is 0.222 e. The summed E-state index contributed by atoms with van der Waals surface area (Å²) < 4.78 is 0. The van der Waals surface area contributed by atoms with Crippen molar-refractivity contribution in [3.05, 3.63) is 18.5 Å². The Morgan fingerprint density at radius 1 is 1.43 bits per heavy atom. The highest BCUT2D eigenvalue weighted by Gasteiger charge is 2.47. The topological polar surface area (TPSA) is 58.0 Å². The lowest BCUT2D eigenvalue weighted by molar-refractivity contribution is -0.0512. The highest BCUT2D eigenvalue weighted by Crippen LogP contribution is 2.41. The number of nitrogens with zero attached hydrogens (tertiary/aromatic N) is 2. The monoisotopic (exact) mass is 193 g/mol. The number of anilines is 1. The molecule has 1 heterocycles. The van der Waals surface area contributed by atoms with Gasteiger partial charge in [0, 0.05) is 23.9 Å². The Hall–Kier alpha value is -1.16. The average molecular weight is 193 g/mol. The Bertz CT molecular complexity index is 312. The molecule has 0 radical (unpaired) electrons. The number of rotatable bonds is 2. The molecule has 1 fully saturated rings. The first-order valence-electron chi connectivity index (χ1n) is 4.82. The zero-order chi connectivity index (χ0) is 10.2. The summed E-state index contributed by atoms with van der Waals surface area (Å²) in [7, 11) is 0. The van der Waals surface area contributed by atoms with E-state index in [-0.39, 0.29) is 17.6 Å². The lowest BCUT2D eigenvalue weighted by Gasteiger charge is -2.49. The molecule has 0 saturated heterocycles. The highest BCUT2D eigenvalue weighted by molar-refractivity contribution is 5.28. The maximum absolute atomic E-state index is 9.54. The standard InChI is InChI=1S/C10H15N3O/c1-10(2)7(6-8(10)14)13-9-11-4-3-5-12-9/h3-5,7-8,14H,6H2,1-2H3,(H,11,12,13). The number of aliphatic hydroxyl groups excluding tert-OH is 1. The fraction of sp³-hybridized carbons (Fsp3) is 0.600. The molecule has 4 heteroatoms. The van der Waals surface area contributed by atoms with Crippen molar-refractivity contribution in [2.24, 2.45) is 5.41 Å². The van der Waals surface area contributed by atoms with Gasteiger partial charge in [0.2, 0.25) is 5.95 Å². The molecule has 1 aromatic rings. The van der Waals surface area contributed by atoms with Gasteiger partial charge in [-0.3, -0.25) is 0 Å². The molecule has 1 aliphatic carbocycles. The molecule has 2 atom stereocenters. The Kier molecular flexibility index (Phi) is 2.15. The highest BCUT2D eigenvalue weighted by atomic mass is 16.3. The van der Waals surface area contributed by atoms with E-state index in [0.717, 1.165) is 6.42 Å². The fourth-order valence-electron chi connectivity index (χ4n) is 1.68. The molecule has 1 aliphatic rings. The van der Waals surface area contributed by atoms with Gasteiger partial charge in [0.25, 0.3) is 0 Å². The van der Waals surface area contributed by atoms with Crippen LogP contribution in [0.5, 0.6) is 0 Å². The minimum atomic E-state index is -0.219. The summed E-state index contributed by atoms with van der Waals surface area (Å²) in [6.45, 7) is 4.09. The minimum Gasteiger partial charge on any atom is -0.392 e. The second-order valence-electron chi connectivity index (χ2n) is 4.34. The molecule has 0 aliphatic heterocycles. The molecule has 0 spiro atoms. The van der Waals surface area contributed by atoms with Crippen LogP contribution in [0.25, 0.3) is 0 Å². The number of hydrogen-bond donors (Lipinski definition) is 2. The van der Waals surface area contributed by atoms with Crippen molar-refractivity contribution in [3.63, 3.8) is 0 Å². The Morgan fingerprint density at radius 3 is 2.57 bits per heavy atom. The van der Waals surface area contributed by atoms with Crippen molar-refractivity contribution in [1.29, 1.82) is 0 Å². The Labute approximate surface area is 83.4 Å². The molecule has 76 valence electrons. The van der Waals surface area contributed by atoms with E-state index in [1.165, 1.54) is 0 Å². The van der Waals surface area contributed by atoms with Crippen LogP contribution in [0.3, 0.4) is 0 Å². The van der Waals surface area contributed by atoms with Crippen molar-refractivity contribution in [2.45, 2.75) is 32.4 Å². The molecule has 1 aromatic heterocycles. The summed E-state index contributed by atoms with van der Waals surface area (Å²) in [6, 6.07) is 2.05. The van der Waals surface area contributed by atoms with Crippen LogP contribution in [0.15, 0.2) is 18.5 Å². The Morgan fingerprint density at radius 2 is 2.07 bits per heavy atom. The zero-order valence-electron chi connectivity index (χ0n) is 8.44. The number of aromatic nitrogens is 2. The van der Waals surface area contributed by atoms with E-state index in [4.69, 9.17) is 0 Å². The molecule has 0 aromatic carbocycles. The van der Waals surface area contributed by atoms with E-state index in [0.29, 0.717) is 5.95 Å². The van der Waals surface area contributed by atoms with E-state index >= 15 is 0 Å². The molecule has 1 saturated carbocycles. The van der Waals surface area contributed by atoms with Crippen molar-refractivity contribution in [2.75, 3.05) is 5.32 Å². The minimum absolute atomic E-state index is 0.0841. The van der Waals surface area contributed by atoms with Crippen LogP contribution in [0.4, 0.5) is 5.95 Å². The molecule has 2 unspecified atom stereocenters. The molecular formula is C10H15N3O. The summed E-state index contributed by atoms with van der Waals surface area (Å²) in [4.78, 5) is 8.17. The summed E-state index contributed by atoms with van der Waals surface area (Å²) >= 11 is 0. The van der Waals surface area contributed by atoms with Crippen LogP contribution >= 0.6 is 0 Å². The molecule has 14 heavy (non-hydrogen) atoms. The summed E-state index contributed by atoms with van der Waals surface area (Å²) in [6.07, 6.45) is 3.96. The van der Waals surface area contributed by atoms with Crippen LogP contribution in [-0.4, -0.2) is 27.2 Å². The average Bonchev–Trinajstić information content (AvgIpc) is 2.19. The van der Waals surface area contributed by atoms with Crippen LogP contribution in [0, 0.1) is 5.41 Å². The van der Waals surface area contributed by atoms with Gasteiger partial charge in [0.05, 0.1) is 6.10 Å². The van der Waals surface area contributed by atoms with Gasteiger partial charge in [-0.1, -0.05) is 13.8 Å². The van der Waals surface area contributed by atoms with Gasteiger partial charge in [-0.2, -0.15) is 0 Å². The normalized spacial score (nSPS) is 29.4. The largest absolute Gasteiger partial charge is 0.392 e. The predicted molar refractivity (Wildman–Crippen MR) is 53.8 cm³/mol. The molecule has 2 rings (SSSR count). The van der Waals surface area contributed by atoms with Gasteiger partial charge >= 0.3 is 0 Å². The van der Waals surface area contributed by atoms with E-state index in [1.807, 2.05) is 13.8 Å². The molecule has 4 nitrogen and oxygen atoms in total. The lowest BCUT2D eigenvalue weighted by Crippen LogP contribution is -2.57. The molecule has 0 amide bonds. The van der Waals surface area contributed by atoms with Crippen molar-refractivity contribution < 1.29 is 5.11 Å². The summed E-state index contributed by atoms with van der Waals surface area (Å²) in [5.74, 6) is 0.637. The predicted octanol–water partition coefficient (Wildman–Crippen LogP) is 1.05. The van der Waals surface area contributed by atoms with Crippen LogP contribution < -0.4 is 5.32 Å². The van der Waals surface area contributed by atoms with Gasteiger partial charge in [-0.25, -0.2) is 9.97 Å². The smallest absolute Gasteiger partial charge is 0.222 e. The zero-order valence-corrected chi connectivity index (χ0v) is 8.44. The van der Waals surface area contributed by atoms with Gasteiger partial charge in [-0.05, 0) is 12.5 Å². The maximum atomic E-state index is 9.54. The quantitative estimate of drug-likeness (QED) is 0.737. The van der Waals surface area contributed by atoms with Crippen molar-refractivity contribution in [3.8, 4) is 0 Å². The summed E-state index contributed by atoms with van der Waals surface area (Å²) in [5, 5.41) is 12.8. The second kappa shape index (κ2) is 3.20. The first-order chi connectivity index (χ1) is 6.60. The fourth-order valence-corrected chi connectivity index (χ4v) is 1.68. The SMILES string of the molecule is CC1(C)C(O)CC1Nc1ncccn1. The van der Waals surface area contributed by atoms with Gasteiger partial charge < -0.3 is 10.4 Å². The third-order valence-electron chi connectivity index (χ3n) is 3.09. The molecule has 2 N–H and O–H groups in total. The number of aliphatic hydroxyl groups is 1. The second-order valence-corrected chi connectivity index (χ2v) is 4.34. The third-order valence-corrected chi connectivity index (χ3v) is 3.09. The van der Waals surface area contributed by atoms with Crippen LogP contribution in [-0.2, 0) is 0 Å². The molecular weight excluding hydrogens is 178 g/mol. The molecule has 0 bridgehead atoms. The van der Waals surface area contributed by atoms with Crippen molar-refractivity contribution in [1.82, 2.24) is 9.97 Å². The Balaban J connectivity index is 2.01. The van der Waals surface area contributed by atoms with Gasteiger partial charge in [-0.15, -0.1) is 0 Å². The third kappa shape index (κ3) is 1.46. The van der Waals surface area contributed by atoms with E-state index < -0.39 is 0 Å². The summed E-state index contributed by atoms with van der Waals surface area (Å²) in [5.41, 5.74) is -0.0841. The number of hydrogen-bond acceptors (Lipinski definition) is 4. The van der Waals surface area contributed by atoms with Crippen LogP contribution in [0.2, 0.25) is 0 Å². The van der Waals surface area contributed by atoms with Crippen LogP contribution in [0.1, 0.15) is 20.3 Å². The lowest BCUT2D eigenvalue weighted by atomic mass is 9.65. The van der Waals surface area contributed by atoms with Gasteiger partial charge in [0.15, 0.2) is 0 Å². The van der Waals surface area contributed by atoms with Crippen molar-refractivity contribution >= 4 is 5.95 Å². The number of nitrogens with one attached hydrogen (secondary N) is 1.